The molecule has 3 nitrogen and oxygen atoms in total. The Kier molecular flexibility index (Phi) is 2.47. The minimum Gasteiger partial charge on any atom is -0.448 e. The molecule has 1 aliphatic carbocycles. The summed E-state index contributed by atoms with van der Waals surface area (Å²) in [6.45, 7) is 1.53. The predicted molar refractivity (Wildman–Crippen MR) is 51.4 cm³/mol. The van der Waals surface area contributed by atoms with E-state index in [9.17, 15) is 13.2 Å². The largest absolute Gasteiger partial charge is 0.448 e. The van der Waals surface area contributed by atoms with Gasteiger partial charge in [-0.25, -0.2) is 4.98 Å². The van der Waals surface area contributed by atoms with Gasteiger partial charge < -0.3 is 9.73 Å². The van der Waals surface area contributed by atoms with Crippen molar-refractivity contribution in [2.45, 2.75) is 18.0 Å². The smallest absolute Gasteiger partial charge is 0.436 e. The van der Waals surface area contributed by atoms with Crippen molar-refractivity contribution >= 4 is 12.4 Å². The van der Waals surface area contributed by atoms with Crippen LogP contribution in [-0.2, 0) is 11.6 Å². The molecule has 0 aromatic carbocycles. The van der Waals surface area contributed by atoms with E-state index in [2.05, 4.69) is 10.3 Å². The molecule has 16 heavy (non-hydrogen) atoms. The van der Waals surface area contributed by atoms with Crippen LogP contribution in [0.15, 0.2) is 10.7 Å². The van der Waals surface area contributed by atoms with Crippen molar-refractivity contribution in [1.29, 1.82) is 0 Å². The van der Waals surface area contributed by atoms with Gasteiger partial charge in [0.25, 0.3) is 0 Å². The Labute approximate surface area is 95.8 Å². The first kappa shape index (κ1) is 11.7. The van der Waals surface area contributed by atoms with E-state index in [-0.39, 0.29) is 23.7 Å². The fourth-order valence-corrected chi connectivity index (χ4v) is 2.30. The van der Waals surface area contributed by atoms with Gasteiger partial charge in [0, 0.05) is 6.54 Å². The lowest BCUT2D eigenvalue weighted by molar-refractivity contribution is -0.141. The van der Waals surface area contributed by atoms with Crippen LogP contribution in [0.5, 0.6) is 0 Å². The maximum Gasteiger partial charge on any atom is 0.436 e. The second-order valence-corrected chi connectivity index (χ2v) is 4.22. The van der Waals surface area contributed by atoms with Crippen LogP contribution in [0.4, 0.5) is 13.2 Å². The lowest BCUT2D eigenvalue weighted by atomic mass is 10.1. The number of rotatable bonds is 1. The van der Waals surface area contributed by atoms with Gasteiger partial charge in [0.2, 0.25) is 5.89 Å². The zero-order valence-electron chi connectivity index (χ0n) is 8.17. The van der Waals surface area contributed by atoms with E-state index in [1.807, 2.05) is 0 Å². The molecule has 0 amide bonds. The minimum atomic E-state index is -4.41. The fraction of sp³-hybridized carbons (Fsp3) is 0.667. The number of fused-ring (bicyclic) bond motifs is 1. The molecule has 1 N–H and O–H groups in total. The van der Waals surface area contributed by atoms with Gasteiger partial charge in [0.15, 0.2) is 5.69 Å². The number of hydrogen-bond acceptors (Lipinski definition) is 3. The number of aromatic nitrogens is 1. The summed E-state index contributed by atoms with van der Waals surface area (Å²) in [5.74, 6) is 0.641. The van der Waals surface area contributed by atoms with E-state index in [1.165, 1.54) is 0 Å². The number of oxazole rings is 1. The van der Waals surface area contributed by atoms with Gasteiger partial charge in [-0.2, -0.15) is 13.2 Å². The normalized spacial score (nSPS) is 32.1. The Hall–Kier alpha value is -0.750. The van der Waals surface area contributed by atoms with Crippen LogP contribution in [0.25, 0.3) is 0 Å². The van der Waals surface area contributed by atoms with E-state index < -0.39 is 11.9 Å². The molecule has 90 valence electrons. The molecule has 0 spiro atoms. The summed E-state index contributed by atoms with van der Waals surface area (Å²) < 4.78 is 41.8. The lowest BCUT2D eigenvalue weighted by Gasteiger charge is -2.05. The van der Waals surface area contributed by atoms with Gasteiger partial charge in [0.1, 0.15) is 6.26 Å². The Morgan fingerprint density at radius 3 is 2.69 bits per heavy atom. The summed E-state index contributed by atoms with van der Waals surface area (Å²) in [7, 11) is 0. The molecule has 3 rings (SSSR count). The van der Waals surface area contributed by atoms with Gasteiger partial charge in [0.05, 0.1) is 5.41 Å². The molecule has 1 aromatic rings. The lowest BCUT2D eigenvalue weighted by Crippen LogP contribution is -2.19. The summed E-state index contributed by atoms with van der Waals surface area (Å²) in [5.41, 5.74) is -1.17. The summed E-state index contributed by atoms with van der Waals surface area (Å²) >= 11 is 0. The highest BCUT2D eigenvalue weighted by Gasteiger charge is 2.62. The van der Waals surface area contributed by atoms with Crippen LogP contribution in [-0.4, -0.2) is 18.1 Å². The third-order valence-corrected chi connectivity index (χ3v) is 3.28. The molecule has 2 atom stereocenters. The summed E-state index contributed by atoms with van der Waals surface area (Å²) in [4.78, 5) is 3.55. The van der Waals surface area contributed by atoms with Crippen molar-refractivity contribution in [1.82, 2.24) is 10.3 Å². The highest BCUT2D eigenvalue weighted by Crippen LogP contribution is 2.56. The zero-order chi connectivity index (χ0) is 10.7. The van der Waals surface area contributed by atoms with Crippen molar-refractivity contribution in [2.24, 2.45) is 5.92 Å². The number of nitrogens with one attached hydrogen (secondary N) is 1. The monoisotopic (exact) mass is 254 g/mol. The van der Waals surface area contributed by atoms with Crippen molar-refractivity contribution in [3.8, 4) is 0 Å². The predicted octanol–water partition coefficient (Wildman–Crippen LogP) is 1.98. The van der Waals surface area contributed by atoms with E-state index in [0.717, 1.165) is 13.0 Å². The summed E-state index contributed by atoms with van der Waals surface area (Å²) in [5, 5.41) is 3.13. The Balaban J connectivity index is 0.000000963. The van der Waals surface area contributed by atoms with Crippen molar-refractivity contribution < 1.29 is 17.6 Å². The number of hydrogen-bond donors (Lipinski definition) is 1. The third-order valence-electron chi connectivity index (χ3n) is 3.28. The number of piperidine rings is 1. The molecule has 1 aliphatic heterocycles. The molecule has 2 fully saturated rings. The van der Waals surface area contributed by atoms with Gasteiger partial charge >= 0.3 is 6.18 Å². The SMILES string of the molecule is Cl.FC(F)(F)c1coc(C23CNCC2C3)n1. The van der Waals surface area contributed by atoms with Crippen LogP contribution in [0, 0.1) is 5.92 Å². The van der Waals surface area contributed by atoms with Crippen molar-refractivity contribution in [2.75, 3.05) is 13.1 Å². The average molecular weight is 255 g/mol. The quantitative estimate of drug-likeness (QED) is 0.833. The van der Waals surface area contributed by atoms with E-state index in [1.54, 1.807) is 0 Å². The van der Waals surface area contributed by atoms with Crippen LogP contribution in [0.3, 0.4) is 0 Å². The van der Waals surface area contributed by atoms with Gasteiger partial charge in [-0.05, 0) is 18.9 Å². The third kappa shape index (κ3) is 1.51. The Bertz CT molecular complexity index is 406. The average Bonchev–Trinajstić information content (AvgIpc) is 2.63. The van der Waals surface area contributed by atoms with Crippen LogP contribution in [0.1, 0.15) is 18.0 Å². The fourth-order valence-electron chi connectivity index (χ4n) is 2.30. The minimum absolute atomic E-state index is 0. The van der Waals surface area contributed by atoms with E-state index >= 15 is 0 Å². The first-order valence-electron chi connectivity index (χ1n) is 4.76. The Morgan fingerprint density at radius 1 is 1.50 bits per heavy atom. The van der Waals surface area contributed by atoms with Gasteiger partial charge in [-0.15, -0.1) is 12.4 Å². The molecule has 0 bridgehead atoms. The highest BCUT2D eigenvalue weighted by atomic mass is 35.5. The van der Waals surface area contributed by atoms with Crippen LogP contribution in [0.2, 0.25) is 0 Å². The first-order valence-corrected chi connectivity index (χ1v) is 4.76. The second-order valence-electron chi connectivity index (χ2n) is 4.22. The van der Waals surface area contributed by atoms with Gasteiger partial charge in [-0.1, -0.05) is 0 Å². The highest BCUT2D eigenvalue weighted by molar-refractivity contribution is 5.85. The number of halogens is 4. The van der Waals surface area contributed by atoms with E-state index in [0.29, 0.717) is 18.7 Å². The first-order chi connectivity index (χ1) is 7.02. The molecule has 2 heterocycles. The molecular weight excluding hydrogens is 245 g/mol. The number of nitrogens with zero attached hydrogens (tertiary/aromatic N) is 1. The van der Waals surface area contributed by atoms with E-state index in [4.69, 9.17) is 4.42 Å². The molecule has 2 aliphatic rings. The molecule has 1 saturated carbocycles. The summed E-state index contributed by atoms with van der Waals surface area (Å²) in [6, 6.07) is 0. The zero-order valence-corrected chi connectivity index (χ0v) is 8.99. The standard InChI is InChI=1S/C9H9F3N2O.ClH/c10-9(11,12)6-3-15-7(14-6)8-1-5(8)2-13-4-8;/h3,5,13H,1-2,4H2;1H. The summed E-state index contributed by atoms with van der Waals surface area (Å²) in [6.07, 6.45) is -2.82. The molecular formula is C9H10ClF3N2O. The maximum atomic E-state index is 12.3. The van der Waals surface area contributed by atoms with Crippen molar-refractivity contribution in [3.63, 3.8) is 0 Å². The molecule has 0 radical (unpaired) electrons. The van der Waals surface area contributed by atoms with Crippen LogP contribution >= 0.6 is 12.4 Å². The molecule has 7 heteroatoms. The van der Waals surface area contributed by atoms with Crippen molar-refractivity contribution in [3.05, 3.63) is 17.8 Å². The number of alkyl halides is 3. The second kappa shape index (κ2) is 3.37. The molecule has 1 saturated heterocycles. The van der Waals surface area contributed by atoms with Crippen LogP contribution < -0.4 is 5.32 Å². The Morgan fingerprint density at radius 2 is 2.25 bits per heavy atom. The topological polar surface area (TPSA) is 38.1 Å². The molecule has 1 aromatic heterocycles. The maximum absolute atomic E-state index is 12.3. The molecule has 2 unspecified atom stereocenters. The van der Waals surface area contributed by atoms with Gasteiger partial charge in [-0.3, -0.25) is 0 Å².